The molecule has 0 bridgehead atoms. The third kappa shape index (κ3) is 3.34. The van der Waals surface area contributed by atoms with Crippen LogP contribution in [0.4, 0.5) is 0 Å². The number of esters is 1. The molecule has 3 N–H and O–H groups in total. The van der Waals surface area contributed by atoms with Crippen molar-refractivity contribution < 1.29 is 24.9 Å². The van der Waals surface area contributed by atoms with Crippen molar-refractivity contribution in [2.75, 3.05) is 7.11 Å². The zero-order valence-corrected chi connectivity index (χ0v) is 19.2. The summed E-state index contributed by atoms with van der Waals surface area (Å²) in [5, 5.41) is 33.1. The number of rotatable bonds is 4. The first-order valence-corrected chi connectivity index (χ1v) is 12.2. The first-order valence-electron chi connectivity index (χ1n) is 12.2. The first-order chi connectivity index (χ1) is 14.1. The molecular formula is C25H42O5. The maximum Gasteiger partial charge on any atom is 0.305 e. The number of ether oxygens (including phenoxy) is 1. The molecule has 4 rings (SSSR count). The molecule has 11 atom stereocenters. The highest BCUT2D eigenvalue weighted by molar-refractivity contribution is 5.69. The molecule has 172 valence electrons. The molecule has 0 radical (unpaired) electrons. The van der Waals surface area contributed by atoms with Crippen LogP contribution in [0.2, 0.25) is 0 Å². The summed E-state index contributed by atoms with van der Waals surface area (Å²) in [5.41, 5.74) is -0.0882. The summed E-state index contributed by atoms with van der Waals surface area (Å²) in [6.07, 6.45) is 6.60. The van der Waals surface area contributed by atoms with Gasteiger partial charge in [-0.15, -0.1) is 0 Å². The van der Waals surface area contributed by atoms with Gasteiger partial charge >= 0.3 is 5.97 Å². The Bertz CT molecular complexity index is 651. The Hall–Kier alpha value is -0.650. The van der Waals surface area contributed by atoms with Crippen molar-refractivity contribution in [3.05, 3.63) is 0 Å². The van der Waals surface area contributed by atoms with Gasteiger partial charge in [0.25, 0.3) is 0 Å². The van der Waals surface area contributed by atoms with Crippen LogP contribution in [0, 0.1) is 46.3 Å². The van der Waals surface area contributed by atoms with Crippen LogP contribution >= 0.6 is 0 Å². The van der Waals surface area contributed by atoms with E-state index in [2.05, 4.69) is 20.8 Å². The summed E-state index contributed by atoms with van der Waals surface area (Å²) in [5.74, 6) is 1.81. The number of aliphatic hydroxyl groups excluding tert-OH is 3. The van der Waals surface area contributed by atoms with Gasteiger partial charge in [0.2, 0.25) is 0 Å². The molecule has 5 nitrogen and oxygen atoms in total. The van der Waals surface area contributed by atoms with Gasteiger partial charge in [-0.05, 0) is 97.7 Å². The van der Waals surface area contributed by atoms with Crippen molar-refractivity contribution in [3.63, 3.8) is 0 Å². The Morgan fingerprint density at radius 1 is 1.07 bits per heavy atom. The quantitative estimate of drug-likeness (QED) is 0.603. The predicted octanol–water partition coefficient (Wildman–Crippen LogP) is 3.54. The van der Waals surface area contributed by atoms with Crippen LogP contribution in [0.25, 0.3) is 0 Å². The summed E-state index contributed by atoms with van der Waals surface area (Å²) in [6, 6.07) is 0. The fourth-order valence-corrected chi connectivity index (χ4v) is 8.78. The second kappa shape index (κ2) is 8.04. The van der Waals surface area contributed by atoms with Crippen LogP contribution in [0.5, 0.6) is 0 Å². The molecule has 4 aliphatic rings. The number of hydrogen-bond acceptors (Lipinski definition) is 5. The van der Waals surface area contributed by atoms with E-state index in [0.717, 1.165) is 51.4 Å². The molecule has 0 aromatic rings. The lowest BCUT2D eigenvalue weighted by Gasteiger charge is -2.63. The van der Waals surface area contributed by atoms with Crippen molar-refractivity contribution in [2.45, 2.75) is 96.9 Å². The molecule has 4 saturated carbocycles. The molecule has 0 aliphatic heterocycles. The van der Waals surface area contributed by atoms with Crippen LogP contribution in [0.3, 0.4) is 0 Å². The van der Waals surface area contributed by atoms with Crippen molar-refractivity contribution in [3.8, 4) is 0 Å². The number of fused-ring (bicyclic) bond motifs is 5. The summed E-state index contributed by atoms with van der Waals surface area (Å²) >= 11 is 0. The number of carbonyl (C=O) groups excluding carboxylic acids is 1. The average Bonchev–Trinajstić information content (AvgIpc) is 3.06. The maximum atomic E-state index is 11.7. The largest absolute Gasteiger partial charge is 0.469 e. The van der Waals surface area contributed by atoms with Gasteiger partial charge in [-0.1, -0.05) is 20.8 Å². The van der Waals surface area contributed by atoms with E-state index in [0.29, 0.717) is 36.0 Å². The highest BCUT2D eigenvalue weighted by atomic mass is 16.5. The summed E-state index contributed by atoms with van der Waals surface area (Å²) < 4.78 is 4.83. The maximum absolute atomic E-state index is 11.7. The van der Waals surface area contributed by atoms with Crippen LogP contribution in [0.15, 0.2) is 0 Å². The monoisotopic (exact) mass is 422 g/mol. The molecule has 4 unspecified atom stereocenters. The lowest BCUT2D eigenvalue weighted by atomic mass is 9.43. The van der Waals surface area contributed by atoms with E-state index in [-0.39, 0.29) is 41.0 Å². The second-order valence-electron chi connectivity index (χ2n) is 11.6. The topological polar surface area (TPSA) is 87.0 Å². The highest BCUT2D eigenvalue weighted by Crippen LogP contribution is 2.68. The lowest BCUT2D eigenvalue weighted by molar-refractivity contribution is -0.207. The zero-order chi connectivity index (χ0) is 21.8. The van der Waals surface area contributed by atoms with Gasteiger partial charge in [0.05, 0.1) is 25.4 Å². The Morgan fingerprint density at radius 2 is 1.80 bits per heavy atom. The molecule has 4 fully saturated rings. The zero-order valence-electron chi connectivity index (χ0n) is 19.2. The minimum absolute atomic E-state index is 0.111. The van der Waals surface area contributed by atoms with E-state index in [1.165, 1.54) is 7.11 Å². The number of hydrogen-bond donors (Lipinski definition) is 3. The van der Waals surface area contributed by atoms with E-state index in [4.69, 9.17) is 4.74 Å². The van der Waals surface area contributed by atoms with Crippen LogP contribution < -0.4 is 0 Å². The average molecular weight is 423 g/mol. The van der Waals surface area contributed by atoms with E-state index < -0.39 is 0 Å². The first kappa shape index (κ1) is 22.5. The molecular weight excluding hydrogens is 380 g/mol. The van der Waals surface area contributed by atoms with E-state index in [1.807, 2.05) is 0 Å². The van der Waals surface area contributed by atoms with Crippen molar-refractivity contribution in [2.24, 2.45) is 46.3 Å². The molecule has 0 aromatic carbocycles. The van der Waals surface area contributed by atoms with Crippen molar-refractivity contribution in [1.82, 2.24) is 0 Å². The van der Waals surface area contributed by atoms with E-state index >= 15 is 0 Å². The molecule has 0 saturated heterocycles. The number of aliphatic hydroxyl groups is 3. The SMILES string of the molecule is COC(=O)CCC(C)[C@H]1CCC2C3[C@H](O)CC4C[C@H](O)CC[C@]4(C)[C@H]3C[C@H](O)[C@@]21C. The fourth-order valence-electron chi connectivity index (χ4n) is 8.78. The smallest absolute Gasteiger partial charge is 0.305 e. The summed E-state index contributed by atoms with van der Waals surface area (Å²) in [6.45, 7) is 6.85. The van der Waals surface area contributed by atoms with Gasteiger partial charge in [-0.3, -0.25) is 4.79 Å². The van der Waals surface area contributed by atoms with Gasteiger partial charge in [-0.25, -0.2) is 0 Å². The van der Waals surface area contributed by atoms with Gasteiger partial charge in [0.1, 0.15) is 0 Å². The van der Waals surface area contributed by atoms with E-state index in [1.54, 1.807) is 0 Å². The number of methoxy groups -OCH3 is 1. The van der Waals surface area contributed by atoms with Crippen molar-refractivity contribution >= 4 is 5.97 Å². The normalized spacial score (nSPS) is 51.4. The minimum Gasteiger partial charge on any atom is -0.469 e. The molecule has 0 heterocycles. The summed E-state index contributed by atoms with van der Waals surface area (Å²) in [4.78, 5) is 11.7. The minimum atomic E-state index is -0.369. The predicted molar refractivity (Wildman–Crippen MR) is 114 cm³/mol. The molecule has 0 aromatic heterocycles. The van der Waals surface area contributed by atoms with Gasteiger partial charge in [0.15, 0.2) is 0 Å². The molecule has 0 spiro atoms. The van der Waals surface area contributed by atoms with E-state index in [9.17, 15) is 20.1 Å². The molecule has 0 amide bonds. The van der Waals surface area contributed by atoms with Crippen LogP contribution in [-0.2, 0) is 9.53 Å². The number of carbonyl (C=O) groups is 1. The third-order valence-electron chi connectivity index (χ3n) is 10.6. The Morgan fingerprint density at radius 3 is 2.50 bits per heavy atom. The van der Waals surface area contributed by atoms with Crippen LogP contribution in [0.1, 0.15) is 78.6 Å². The second-order valence-corrected chi connectivity index (χ2v) is 11.6. The standard InChI is InChI=1S/C25H42O5/c1-14(5-8-22(29)30-4)17-6-7-18-23-19(13-21(28)25(17,18)3)24(2)10-9-16(26)11-15(24)12-20(23)27/h14-21,23,26-28H,5-13H2,1-4H3/t14?,15?,16-,17-,18?,19+,20-,21+,23?,24+,25-/m1/s1. The lowest BCUT2D eigenvalue weighted by Crippen LogP contribution is -2.62. The highest BCUT2D eigenvalue weighted by Gasteiger charge is 2.65. The van der Waals surface area contributed by atoms with Gasteiger partial charge in [-0.2, -0.15) is 0 Å². The van der Waals surface area contributed by atoms with Crippen LogP contribution in [-0.4, -0.2) is 46.7 Å². The fraction of sp³-hybridized carbons (Fsp3) is 0.960. The van der Waals surface area contributed by atoms with Crippen molar-refractivity contribution in [1.29, 1.82) is 0 Å². The Kier molecular flexibility index (Phi) is 6.04. The Balaban J connectivity index is 1.58. The van der Waals surface area contributed by atoms with Gasteiger partial charge < -0.3 is 20.1 Å². The Labute approximate surface area is 181 Å². The summed E-state index contributed by atoms with van der Waals surface area (Å²) in [7, 11) is 1.44. The third-order valence-corrected chi connectivity index (χ3v) is 10.6. The molecule has 5 heteroatoms. The van der Waals surface area contributed by atoms with Gasteiger partial charge in [0, 0.05) is 6.42 Å². The molecule has 30 heavy (non-hydrogen) atoms. The molecule has 4 aliphatic carbocycles.